The van der Waals surface area contributed by atoms with Gasteiger partial charge in [0.15, 0.2) is 10.9 Å². The zero-order valence-electron chi connectivity index (χ0n) is 20.0. The number of carbonyl (C=O) groups excluding carboxylic acids is 1. The Morgan fingerprint density at radius 3 is 2.09 bits per heavy atom. The minimum atomic E-state index is -0.335. The molecule has 3 rings (SSSR count). The number of carbonyl (C=O) groups is 1. The first-order valence-electron chi connectivity index (χ1n) is 11.3. The standard InChI is InChI=1S/C29H30N2O2S/c1-5-20-17-12-18-24(29(2,3)4)25(20)31-28(34)30-19-23(26(32)21-13-8-6-9-14-21)27(33)22-15-10-7-11-16-22/h6-19,32H,5H2,1-4H3,(H,31,34)/b26-23+,30-19+. The van der Waals surface area contributed by atoms with Gasteiger partial charge in [0.25, 0.3) is 0 Å². The molecule has 3 aromatic rings. The summed E-state index contributed by atoms with van der Waals surface area (Å²) in [6.07, 6.45) is 2.18. The number of aryl methyl sites for hydroxylation is 1. The number of aliphatic hydroxyl groups is 1. The van der Waals surface area contributed by atoms with Gasteiger partial charge in [-0.2, -0.15) is 0 Å². The third-order valence-electron chi connectivity index (χ3n) is 5.47. The van der Waals surface area contributed by atoms with Crippen LogP contribution in [-0.4, -0.2) is 22.2 Å². The molecule has 0 fully saturated rings. The second-order valence-electron chi connectivity index (χ2n) is 8.96. The van der Waals surface area contributed by atoms with Crippen LogP contribution in [0.3, 0.4) is 0 Å². The molecule has 0 aromatic heterocycles. The van der Waals surface area contributed by atoms with Gasteiger partial charge in [0.1, 0.15) is 5.76 Å². The van der Waals surface area contributed by atoms with Gasteiger partial charge in [-0.3, -0.25) is 4.79 Å². The summed E-state index contributed by atoms with van der Waals surface area (Å²) in [5.74, 6) is -0.483. The molecule has 3 aromatic carbocycles. The number of aliphatic hydroxyl groups excluding tert-OH is 1. The highest BCUT2D eigenvalue weighted by atomic mass is 32.1. The number of aliphatic imine (C=N–C) groups is 1. The Balaban J connectivity index is 1.98. The second kappa shape index (κ2) is 11.0. The molecule has 0 spiro atoms. The molecule has 0 unspecified atom stereocenters. The van der Waals surface area contributed by atoms with E-state index in [0.29, 0.717) is 11.1 Å². The number of Topliss-reactive ketones (excluding diaryl/α,β-unsaturated/α-hetero) is 1. The van der Waals surface area contributed by atoms with Crippen molar-refractivity contribution in [3.05, 3.63) is 107 Å². The number of allylic oxidation sites excluding steroid dienone is 1. The first-order chi connectivity index (χ1) is 16.2. The van der Waals surface area contributed by atoms with E-state index in [-0.39, 0.29) is 27.6 Å². The predicted octanol–water partition coefficient (Wildman–Crippen LogP) is 7.17. The molecule has 34 heavy (non-hydrogen) atoms. The summed E-state index contributed by atoms with van der Waals surface area (Å²) >= 11 is 5.53. The van der Waals surface area contributed by atoms with E-state index in [1.165, 1.54) is 6.21 Å². The number of anilines is 1. The first-order valence-corrected chi connectivity index (χ1v) is 11.7. The summed E-state index contributed by atoms with van der Waals surface area (Å²) < 4.78 is 0. The summed E-state index contributed by atoms with van der Waals surface area (Å²) in [5, 5.41) is 14.4. The molecule has 0 heterocycles. The van der Waals surface area contributed by atoms with Gasteiger partial charge >= 0.3 is 0 Å². The number of nitrogens with one attached hydrogen (secondary N) is 1. The summed E-state index contributed by atoms with van der Waals surface area (Å²) in [4.78, 5) is 17.6. The van der Waals surface area contributed by atoms with Crippen LogP contribution < -0.4 is 5.32 Å². The lowest BCUT2D eigenvalue weighted by molar-refractivity contribution is 0.104. The van der Waals surface area contributed by atoms with Gasteiger partial charge < -0.3 is 10.4 Å². The van der Waals surface area contributed by atoms with Crippen molar-refractivity contribution in [2.45, 2.75) is 39.5 Å². The monoisotopic (exact) mass is 470 g/mol. The number of para-hydroxylation sites is 1. The van der Waals surface area contributed by atoms with Crippen LogP contribution in [0, 0.1) is 0 Å². The Bertz CT molecular complexity index is 1220. The van der Waals surface area contributed by atoms with Gasteiger partial charge in [-0.15, -0.1) is 0 Å². The van der Waals surface area contributed by atoms with E-state index in [1.807, 2.05) is 18.2 Å². The van der Waals surface area contributed by atoms with Gasteiger partial charge in [0.05, 0.1) is 5.57 Å². The van der Waals surface area contributed by atoms with Crippen LogP contribution in [0.5, 0.6) is 0 Å². The lowest BCUT2D eigenvalue weighted by Gasteiger charge is -2.25. The third kappa shape index (κ3) is 6.06. The Morgan fingerprint density at radius 1 is 0.941 bits per heavy atom. The molecule has 0 bridgehead atoms. The number of hydrogen-bond donors (Lipinski definition) is 2. The minimum Gasteiger partial charge on any atom is -0.506 e. The minimum absolute atomic E-state index is 0.0707. The number of benzene rings is 3. The largest absolute Gasteiger partial charge is 0.506 e. The highest BCUT2D eigenvalue weighted by Crippen LogP contribution is 2.32. The van der Waals surface area contributed by atoms with E-state index in [2.05, 4.69) is 50.1 Å². The van der Waals surface area contributed by atoms with Gasteiger partial charge in [0, 0.05) is 23.0 Å². The van der Waals surface area contributed by atoms with Gasteiger partial charge in [0.2, 0.25) is 0 Å². The highest BCUT2D eigenvalue weighted by molar-refractivity contribution is 7.80. The summed E-state index contributed by atoms with van der Waals surface area (Å²) in [6.45, 7) is 8.54. The van der Waals surface area contributed by atoms with Crippen molar-refractivity contribution in [1.29, 1.82) is 0 Å². The SMILES string of the molecule is CCc1cccc(C(C)(C)C)c1NC(=S)/N=C/C(C(=O)c1ccccc1)=C(\O)c1ccccc1. The molecule has 5 heteroatoms. The molecule has 0 aliphatic heterocycles. The van der Waals surface area contributed by atoms with Crippen molar-refractivity contribution in [3.63, 3.8) is 0 Å². The van der Waals surface area contributed by atoms with E-state index in [9.17, 15) is 9.90 Å². The fourth-order valence-electron chi connectivity index (χ4n) is 3.65. The predicted molar refractivity (Wildman–Crippen MR) is 146 cm³/mol. The van der Waals surface area contributed by atoms with Crippen molar-refractivity contribution in [1.82, 2.24) is 0 Å². The van der Waals surface area contributed by atoms with Crippen molar-refractivity contribution < 1.29 is 9.90 Å². The molecule has 0 amide bonds. The molecule has 0 saturated heterocycles. The van der Waals surface area contributed by atoms with Crippen LogP contribution in [0.1, 0.15) is 54.7 Å². The maximum Gasteiger partial charge on any atom is 0.198 e. The molecule has 0 atom stereocenters. The van der Waals surface area contributed by atoms with Crippen LogP contribution in [0.25, 0.3) is 5.76 Å². The van der Waals surface area contributed by atoms with Crippen LogP contribution in [0.15, 0.2) is 89.4 Å². The van der Waals surface area contributed by atoms with Crippen molar-refractivity contribution in [2.75, 3.05) is 5.32 Å². The Labute approximate surface area is 207 Å². The smallest absolute Gasteiger partial charge is 0.198 e. The topological polar surface area (TPSA) is 61.7 Å². The zero-order chi connectivity index (χ0) is 24.7. The van der Waals surface area contributed by atoms with Crippen molar-refractivity contribution >= 4 is 40.8 Å². The molecule has 4 nitrogen and oxygen atoms in total. The molecule has 0 radical (unpaired) electrons. The fraction of sp³-hybridized carbons (Fsp3) is 0.207. The van der Waals surface area contributed by atoms with E-state index in [0.717, 1.165) is 23.2 Å². The van der Waals surface area contributed by atoms with Crippen LogP contribution >= 0.6 is 12.2 Å². The maximum atomic E-state index is 13.2. The molecule has 174 valence electrons. The lowest BCUT2D eigenvalue weighted by Crippen LogP contribution is -2.18. The molecule has 2 N–H and O–H groups in total. The number of hydrogen-bond acceptors (Lipinski definition) is 3. The number of rotatable bonds is 6. The van der Waals surface area contributed by atoms with Crippen molar-refractivity contribution in [3.8, 4) is 0 Å². The normalized spacial score (nSPS) is 12.4. The van der Waals surface area contributed by atoms with E-state index < -0.39 is 0 Å². The lowest BCUT2D eigenvalue weighted by atomic mass is 9.84. The molecular weight excluding hydrogens is 440 g/mol. The molecule has 0 aliphatic rings. The highest BCUT2D eigenvalue weighted by Gasteiger charge is 2.21. The third-order valence-corrected chi connectivity index (χ3v) is 5.67. The number of ketones is 1. The Kier molecular flexibility index (Phi) is 8.13. The second-order valence-corrected chi connectivity index (χ2v) is 9.34. The van der Waals surface area contributed by atoms with Crippen LogP contribution in [0.2, 0.25) is 0 Å². The average Bonchev–Trinajstić information content (AvgIpc) is 2.84. The Morgan fingerprint density at radius 2 is 1.53 bits per heavy atom. The fourth-order valence-corrected chi connectivity index (χ4v) is 3.81. The van der Waals surface area contributed by atoms with E-state index in [1.54, 1.807) is 48.5 Å². The summed E-state index contributed by atoms with van der Waals surface area (Å²) in [5.41, 5.74) is 4.16. The van der Waals surface area contributed by atoms with Crippen LogP contribution in [-0.2, 0) is 11.8 Å². The molecule has 0 saturated carbocycles. The van der Waals surface area contributed by atoms with E-state index >= 15 is 0 Å². The van der Waals surface area contributed by atoms with Gasteiger partial charge in [-0.25, -0.2) is 4.99 Å². The van der Waals surface area contributed by atoms with Gasteiger partial charge in [-0.1, -0.05) is 107 Å². The first kappa shape index (κ1) is 25.1. The number of nitrogens with zero attached hydrogens (tertiary/aromatic N) is 1. The average molecular weight is 471 g/mol. The summed E-state index contributed by atoms with van der Waals surface area (Å²) in [6, 6.07) is 23.9. The Hall–Kier alpha value is -3.57. The molecular formula is C29H30N2O2S. The maximum absolute atomic E-state index is 13.2. The van der Waals surface area contributed by atoms with Gasteiger partial charge in [-0.05, 0) is 35.2 Å². The molecule has 0 aliphatic carbocycles. The van der Waals surface area contributed by atoms with Crippen LogP contribution in [0.4, 0.5) is 5.69 Å². The summed E-state index contributed by atoms with van der Waals surface area (Å²) in [7, 11) is 0. The zero-order valence-corrected chi connectivity index (χ0v) is 20.8. The van der Waals surface area contributed by atoms with Crippen molar-refractivity contribution in [2.24, 2.45) is 4.99 Å². The van der Waals surface area contributed by atoms with E-state index in [4.69, 9.17) is 12.2 Å². The number of thiocarbonyl (C=S) groups is 1. The quantitative estimate of drug-likeness (QED) is 0.132.